The van der Waals surface area contributed by atoms with Crippen molar-refractivity contribution in [2.45, 2.75) is 0 Å². The molecule has 3 rings (SSSR count). The molecule has 2 heterocycles. The highest BCUT2D eigenvalue weighted by molar-refractivity contribution is 5.94. The maximum atomic E-state index is 10.9. The van der Waals surface area contributed by atoms with E-state index in [4.69, 9.17) is 5.11 Å². The summed E-state index contributed by atoms with van der Waals surface area (Å²) in [4.78, 5) is 15.3. The second-order valence-corrected chi connectivity index (χ2v) is 3.68. The molecule has 17 heavy (non-hydrogen) atoms. The Morgan fingerprint density at radius 3 is 2.76 bits per heavy atom. The average molecular weight is 227 g/mol. The van der Waals surface area contributed by atoms with Gasteiger partial charge >= 0.3 is 5.97 Å². The van der Waals surface area contributed by atoms with E-state index in [0.717, 1.165) is 11.3 Å². The number of nitrogens with zero attached hydrogens (tertiary/aromatic N) is 2. The van der Waals surface area contributed by atoms with Crippen molar-refractivity contribution in [3.05, 3.63) is 48.3 Å². The molecule has 0 radical (unpaired) electrons. The van der Waals surface area contributed by atoms with E-state index in [-0.39, 0.29) is 5.56 Å². The minimum Gasteiger partial charge on any atom is -0.477 e. The van der Waals surface area contributed by atoms with Gasteiger partial charge in [-0.05, 0) is 0 Å². The van der Waals surface area contributed by atoms with Gasteiger partial charge in [0.2, 0.25) is 0 Å². The average Bonchev–Trinajstić information content (AvgIpc) is 2.88. The first-order chi connectivity index (χ1) is 8.25. The van der Waals surface area contributed by atoms with Gasteiger partial charge in [-0.2, -0.15) is 0 Å². The first kappa shape index (κ1) is 9.65. The Morgan fingerprint density at radius 1 is 1.29 bits per heavy atom. The van der Waals surface area contributed by atoms with E-state index in [2.05, 4.69) is 10.1 Å². The van der Waals surface area contributed by atoms with E-state index < -0.39 is 5.97 Å². The molecule has 0 amide bonds. The number of hydrogen-bond acceptors (Lipinski definition) is 2. The molecule has 0 saturated heterocycles. The van der Waals surface area contributed by atoms with Gasteiger partial charge in [-0.3, -0.25) is 5.10 Å². The van der Waals surface area contributed by atoms with E-state index >= 15 is 0 Å². The second kappa shape index (κ2) is 3.48. The lowest BCUT2D eigenvalue weighted by atomic mass is 10.2. The van der Waals surface area contributed by atoms with E-state index in [9.17, 15) is 4.79 Å². The summed E-state index contributed by atoms with van der Waals surface area (Å²) in [6, 6.07) is 9.63. The number of benzene rings is 1. The molecule has 0 unspecified atom stereocenters. The van der Waals surface area contributed by atoms with Crippen LogP contribution >= 0.6 is 0 Å². The molecule has 2 aromatic heterocycles. The van der Waals surface area contributed by atoms with Crippen molar-refractivity contribution in [2.75, 3.05) is 0 Å². The minimum absolute atomic E-state index is 0.173. The van der Waals surface area contributed by atoms with Gasteiger partial charge in [-0.25, -0.2) is 14.3 Å². The molecule has 0 aliphatic carbocycles. The molecule has 0 aliphatic heterocycles. The van der Waals surface area contributed by atoms with Crippen molar-refractivity contribution in [2.24, 2.45) is 0 Å². The summed E-state index contributed by atoms with van der Waals surface area (Å²) in [6.07, 6.45) is 3.20. The quantitative estimate of drug-likeness (QED) is 0.703. The summed E-state index contributed by atoms with van der Waals surface area (Å²) in [5.41, 5.74) is 2.31. The van der Waals surface area contributed by atoms with Crippen LogP contribution in [0.15, 0.2) is 42.7 Å². The Hall–Kier alpha value is -2.56. The van der Waals surface area contributed by atoms with Gasteiger partial charge in [0.1, 0.15) is 5.56 Å². The van der Waals surface area contributed by atoms with Crippen molar-refractivity contribution in [3.8, 4) is 11.3 Å². The number of fused-ring (bicyclic) bond motifs is 1. The summed E-state index contributed by atoms with van der Waals surface area (Å²) < 4.78 is 1.60. The molecule has 0 fully saturated rings. The molecule has 3 aromatic rings. The SMILES string of the molecule is O=C(O)c1c[nH]n2cc(-c3ccccc3)nc12. The maximum Gasteiger partial charge on any atom is 0.341 e. The van der Waals surface area contributed by atoms with Gasteiger partial charge in [-0.15, -0.1) is 0 Å². The van der Waals surface area contributed by atoms with Crippen molar-refractivity contribution in [3.63, 3.8) is 0 Å². The Labute approximate surface area is 96.3 Å². The highest BCUT2D eigenvalue weighted by atomic mass is 16.4. The topological polar surface area (TPSA) is 70.4 Å². The molecule has 0 bridgehead atoms. The van der Waals surface area contributed by atoms with Gasteiger partial charge in [0.15, 0.2) is 5.65 Å². The van der Waals surface area contributed by atoms with Gasteiger partial charge in [0.05, 0.1) is 11.9 Å². The van der Waals surface area contributed by atoms with Crippen LogP contribution in [0.4, 0.5) is 0 Å². The van der Waals surface area contributed by atoms with Crippen LogP contribution in [0.1, 0.15) is 10.4 Å². The molecule has 5 heteroatoms. The maximum absolute atomic E-state index is 10.9. The number of carbonyl (C=O) groups is 1. The van der Waals surface area contributed by atoms with Crippen LogP contribution < -0.4 is 0 Å². The van der Waals surface area contributed by atoms with E-state index in [1.165, 1.54) is 6.20 Å². The minimum atomic E-state index is -0.985. The fraction of sp³-hybridized carbons (Fsp3) is 0. The van der Waals surface area contributed by atoms with Crippen molar-refractivity contribution < 1.29 is 9.90 Å². The molecule has 0 spiro atoms. The summed E-state index contributed by atoms with van der Waals surface area (Å²) >= 11 is 0. The van der Waals surface area contributed by atoms with Crippen LogP contribution in [-0.2, 0) is 0 Å². The lowest BCUT2D eigenvalue weighted by Gasteiger charge is -1.93. The summed E-state index contributed by atoms with van der Waals surface area (Å²) in [5, 5.41) is 11.8. The number of aromatic amines is 1. The number of imidazole rings is 1. The van der Waals surface area contributed by atoms with E-state index in [1.54, 1.807) is 10.7 Å². The number of carboxylic acids is 1. The van der Waals surface area contributed by atoms with Crippen LogP contribution in [0.5, 0.6) is 0 Å². The number of hydrogen-bond donors (Lipinski definition) is 2. The first-order valence-electron chi connectivity index (χ1n) is 5.11. The number of aromatic carboxylic acids is 1. The summed E-state index contributed by atoms with van der Waals surface area (Å²) in [5.74, 6) is -0.985. The third-order valence-corrected chi connectivity index (χ3v) is 2.59. The second-order valence-electron chi connectivity index (χ2n) is 3.68. The summed E-state index contributed by atoms with van der Waals surface area (Å²) in [7, 11) is 0. The molecule has 1 aromatic carbocycles. The highest BCUT2D eigenvalue weighted by Crippen LogP contribution is 2.20. The zero-order valence-electron chi connectivity index (χ0n) is 8.79. The normalized spacial score (nSPS) is 10.8. The molecule has 0 saturated carbocycles. The van der Waals surface area contributed by atoms with Gasteiger partial charge in [0.25, 0.3) is 0 Å². The van der Waals surface area contributed by atoms with Gasteiger partial charge in [-0.1, -0.05) is 30.3 Å². The largest absolute Gasteiger partial charge is 0.477 e. The molecular formula is C12H9N3O2. The van der Waals surface area contributed by atoms with Crippen molar-refractivity contribution >= 4 is 11.6 Å². The summed E-state index contributed by atoms with van der Waals surface area (Å²) in [6.45, 7) is 0. The zero-order chi connectivity index (χ0) is 11.8. The first-order valence-corrected chi connectivity index (χ1v) is 5.11. The smallest absolute Gasteiger partial charge is 0.341 e. The molecule has 2 N–H and O–H groups in total. The number of carboxylic acid groups (broad SMARTS) is 1. The van der Waals surface area contributed by atoms with E-state index in [1.807, 2.05) is 30.3 Å². The van der Waals surface area contributed by atoms with Crippen LogP contribution in [0.2, 0.25) is 0 Å². The van der Waals surface area contributed by atoms with Crippen molar-refractivity contribution in [1.82, 2.24) is 14.6 Å². The fourth-order valence-electron chi connectivity index (χ4n) is 1.77. The van der Waals surface area contributed by atoms with Gasteiger partial charge < -0.3 is 5.11 Å². The van der Waals surface area contributed by atoms with E-state index in [0.29, 0.717) is 5.65 Å². The fourth-order valence-corrected chi connectivity index (χ4v) is 1.77. The van der Waals surface area contributed by atoms with Gasteiger partial charge in [0, 0.05) is 11.8 Å². The molecule has 5 nitrogen and oxygen atoms in total. The number of rotatable bonds is 2. The zero-order valence-corrected chi connectivity index (χ0v) is 8.79. The predicted molar refractivity (Wildman–Crippen MR) is 61.9 cm³/mol. The lowest BCUT2D eigenvalue weighted by molar-refractivity contribution is 0.0699. The molecule has 0 atom stereocenters. The van der Waals surface area contributed by atoms with Crippen LogP contribution in [0.25, 0.3) is 16.9 Å². The monoisotopic (exact) mass is 227 g/mol. The standard InChI is InChI=1S/C12H9N3O2/c16-12(17)9-6-13-15-7-10(14-11(9)15)8-4-2-1-3-5-8/h1-7,13H,(H,16,17). The van der Waals surface area contributed by atoms with Crippen molar-refractivity contribution in [1.29, 1.82) is 0 Å². The third kappa shape index (κ3) is 1.48. The Bertz CT molecular complexity index is 682. The van der Waals surface area contributed by atoms with Crippen LogP contribution in [-0.4, -0.2) is 25.7 Å². The molecule has 84 valence electrons. The van der Waals surface area contributed by atoms with Crippen LogP contribution in [0.3, 0.4) is 0 Å². The molecule has 0 aliphatic rings. The number of nitrogens with one attached hydrogen (secondary N) is 1. The Kier molecular flexibility index (Phi) is 1.98. The van der Waals surface area contributed by atoms with Crippen LogP contribution in [0, 0.1) is 0 Å². The Balaban J connectivity index is 2.18. The number of H-pyrrole nitrogens is 1. The Morgan fingerprint density at radius 2 is 2.06 bits per heavy atom. The lowest BCUT2D eigenvalue weighted by Crippen LogP contribution is -1.94. The number of aromatic nitrogens is 3. The predicted octanol–water partition coefficient (Wildman–Crippen LogP) is 2.03. The molecular weight excluding hydrogens is 218 g/mol. The third-order valence-electron chi connectivity index (χ3n) is 2.59. The highest BCUT2D eigenvalue weighted by Gasteiger charge is 2.14.